The SMILES string of the molecule is CN1CCC[C@H](C(=O)N[C@H]2CC[C@H](Nc3nc(N4CCOCC4)cc(-n4c(C(F)F)nc5ccccc54)n3)CC2)C1. The first-order valence-corrected chi connectivity index (χ1v) is 14.7. The Bertz CT molecular complexity index is 1350. The number of hydrogen-bond acceptors (Lipinski definition) is 8. The first-order valence-electron chi connectivity index (χ1n) is 14.7. The molecule has 0 bridgehead atoms. The number of para-hydroxylation sites is 2. The zero-order valence-electron chi connectivity index (χ0n) is 23.4. The maximum Gasteiger partial charge on any atom is 0.296 e. The number of halogens is 2. The van der Waals surface area contributed by atoms with Gasteiger partial charge in [-0.05, 0) is 64.3 Å². The number of ether oxygens (including phenoxy) is 1. The lowest BCUT2D eigenvalue weighted by molar-refractivity contribution is -0.127. The van der Waals surface area contributed by atoms with Crippen LogP contribution < -0.4 is 15.5 Å². The van der Waals surface area contributed by atoms with Crippen molar-refractivity contribution in [3.05, 3.63) is 36.2 Å². The van der Waals surface area contributed by atoms with Crippen molar-refractivity contribution >= 4 is 28.7 Å². The topological polar surface area (TPSA) is 100 Å². The standard InChI is InChI=1S/C29H38F2N8O2/c1-37-12-4-5-19(18-37)28(40)32-20-8-10-21(11-9-20)33-29-35-24(38-13-15-41-16-14-38)17-25(36-29)39-23-7-3-2-6-22(23)34-27(39)26(30)31/h2-3,6-7,17,19-21,26H,4-5,8-16,18H2,1H3,(H,32,40)(H,33,35,36)/t19-,20-,21-/m0/s1. The minimum Gasteiger partial charge on any atom is -0.378 e. The summed E-state index contributed by atoms with van der Waals surface area (Å²) < 4.78 is 35.2. The molecule has 1 atom stereocenters. The highest BCUT2D eigenvalue weighted by atomic mass is 19.3. The number of carbonyl (C=O) groups is 1. The maximum atomic E-state index is 14.1. The molecule has 3 aliphatic rings. The van der Waals surface area contributed by atoms with Gasteiger partial charge in [-0.1, -0.05) is 12.1 Å². The third kappa shape index (κ3) is 6.28. The van der Waals surface area contributed by atoms with Crippen molar-refractivity contribution in [2.75, 3.05) is 56.7 Å². The number of rotatable bonds is 7. The van der Waals surface area contributed by atoms with Crippen molar-refractivity contribution in [3.8, 4) is 5.82 Å². The summed E-state index contributed by atoms with van der Waals surface area (Å²) in [4.78, 5) is 30.9. The minimum atomic E-state index is -2.76. The quantitative estimate of drug-likeness (QED) is 0.445. The highest BCUT2D eigenvalue weighted by Gasteiger charge is 2.29. The van der Waals surface area contributed by atoms with Crippen LogP contribution in [-0.4, -0.2) is 88.9 Å². The first-order chi connectivity index (χ1) is 19.9. The lowest BCUT2D eigenvalue weighted by atomic mass is 9.90. The Kier molecular flexibility index (Phi) is 8.29. The molecule has 2 aromatic heterocycles. The van der Waals surface area contributed by atoms with Crippen molar-refractivity contribution in [1.29, 1.82) is 0 Å². The van der Waals surface area contributed by atoms with Crippen LogP contribution in [0.1, 0.15) is 50.8 Å². The minimum absolute atomic E-state index is 0.0664. The lowest BCUT2D eigenvalue weighted by Gasteiger charge is -2.33. The third-order valence-corrected chi connectivity index (χ3v) is 8.45. The number of hydrogen-bond donors (Lipinski definition) is 2. The summed E-state index contributed by atoms with van der Waals surface area (Å²) >= 11 is 0. The van der Waals surface area contributed by atoms with Gasteiger partial charge < -0.3 is 25.2 Å². The van der Waals surface area contributed by atoms with Gasteiger partial charge in [0, 0.05) is 37.8 Å². The van der Waals surface area contributed by atoms with Gasteiger partial charge in [-0.25, -0.2) is 13.8 Å². The second-order valence-corrected chi connectivity index (χ2v) is 11.4. The monoisotopic (exact) mass is 568 g/mol. The number of morpholine rings is 1. The van der Waals surface area contributed by atoms with E-state index in [9.17, 15) is 13.6 Å². The number of aromatic nitrogens is 4. The van der Waals surface area contributed by atoms with Crippen LogP contribution in [0.5, 0.6) is 0 Å². The molecule has 1 saturated carbocycles. The van der Waals surface area contributed by atoms with E-state index in [1.54, 1.807) is 24.3 Å². The molecular weight excluding hydrogens is 530 g/mol. The van der Waals surface area contributed by atoms with E-state index < -0.39 is 6.43 Å². The Morgan fingerprint density at radius 1 is 0.976 bits per heavy atom. The van der Waals surface area contributed by atoms with Gasteiger partial charge in [0.1, 0.15) is 11.6 Å². The normalized spacial score (nSPS) is 24.1. The molecule has 4 heterocycles. The average molecular weight is 569 g/mol. The fourth-order valence-corrected chi connectivity index (χ4v) is 6.25. The summed E-state index contributed by atoms with van der Waals surface area (Å²) in [7, 11) is 2.07. The summed E-state index contributed by atoms with van der Waals surface area (Å²) in [5.74, 6) is 1.31. The zero-order valence-corrected chi connectivity index (χ0v) is 23.4. The number of alkyl halides is 2. The molecule has 10 nitrogen and oxygen atoms in total. The van der Waals surface area contributed by atoms with Crippen molar-refractivity contribution in [2.24, 2.45) is 5.92 Å². The van der Waals surface area contributed by atoms with E-state index in [1.165, 1.54) is 4.57 Å². The number of carbonyl (C=O) groups excluding carboxylic acids is 1. The number of benzene rings is 1. The Balaban J connectivity index is 1.20. The highest BCUT2D eigenvalue weighted by Crippen LogP contribution is 2.30. The molecule has 0 unspecified atom stereocenters. The van der Waals surface area contributed by atoms with Crippen molar-refractivity contribution < 1.29 is 18.3 Å². The Morgan fingerprint density at radius 3 is 2.46 bits per heavy atom. The average Bonchev–Trinajstić information content (AvgIpc) is 3.39. The Hall–Kier alpha value is -3.38. The molecule has 1 aliphatic carbocycles. The number of nitrogens with one attached hydrogen (secondary N) is 2. The van der Waals surface area contributed by atoms with Crippen LogP contribution in [0.3, 0.4) is 0 Å². The number of imidazole rings is 1. The molecule has 2 saturated heterocycles. The van der Waals surface area contributed by atoms with Gasteiger partial charge in [0.05, 0.1) is 30.2 Å². The van der Waals surface area contributed by atoms with Gasteiger partial charge >= 0.3 is 0 Å². The van der Waals surface area contributed by atoms with Gasteiger partial charge in [0.25, 0.3) is 6.43 Å². The van der Waals surface area contributed by atoms with Crippen molar-refractivity contribution in [2.45, 2.75) is 57.0 Å². The molecule has 220 valence electrons. The van der Waals surface area contributed by atoms with Crippen molar-refractivity contribution in [3.63, 3.8) is 0 Å². The van der Waals surface area contributed by atoms with E-state index in [0.29, 0.717) is 54.9 Å². The van der Waals surface area contributed by atoms with Crippen molar-refractivity contribution in [1.82, 2.24) is 29.7 Å². The second-order valence-electron chi connectivity index (χ2n) is 11.4. The summed E-state index contributed by atoms with van der Waals surface area (Å²) in [5, 5.41) is 6.76. The predicted octanol–water partition coefficient (Wildman–Crippen LogP) is 3.77. The second kappa shape index (κ2) is 12.2. The molecule has 2 N–H and O–H groups in total. The van der Waals surface area contributed by atoms with E-state index in [-0.39, 0.29) is 29.7 Å². The number of amides is 1. The summed E-state index contributed by atoms with van der Waals surface area (Å²) in [5.41, 5.74) is 1.06. The predicted molar refractivity (Wildman–Crippen MR) is 153 cm³/mol. The molecule has 12 heteroatoms. The number of likely N-dealkylation sites (tertiary alicyclic amines) is 1. The van der Waals surface area contributed by atoms with Crippen LogP contribution in [0.2, 0.25) is 0 Å². The molecular formula is C29H38F2N8O2. The molecule has 0 spiro atoms. The van der Waals surface area contributed by atoms with Crippen LogP contribution in [0.25, 0.3) is 16.9 Å². The summed E-state index contributed by atoms with van der Waals surface area (Å²) in [6.07, 6.45) is 2.68. The first kappa shape index (κ1) is 27.8. The maximum absolute atomic E-state index is 14.1. The molecule has 3 fully saturated rings. The molecule has 0 radical (unpaired) electrons. The summed E-state index contributed by atoms with van der Waals surface area (Å²) in [6, 6.07) is 9.13. The lowest BCUT2D eigenvalue weighted by Crippen LogP contribution is -2.46. The van der Waals surface area contributed by atoms with E-state index in [1.807, 2.05) is 6.07 Å². The Labute approximate surface area is 238 Å². The van der Waals surface area contributed by atoms with E-state index in [2.05, 4.69) is 32.5 Å². The van der Waals surface area contributed by atoms with Gasteiger partial charge in [-0.2, -0.15) is 9.97 Å². The molecule has 6 rings (SSSR count). The van der Waals surface area contributed by atoms with E-state index >= 15 is 0 Å². The molecule has 1 aromatic carbocycles. The highest BCUT2D eigenvalue weighted by molar-refractivity contribution is 5.79. The summed E-state index contributed by atoms with van der Waals surface area (Å²) in [6.45, 7) is 4.34. The number of piperidine rings is 1. The number of anilines is 2. The third-order valence-electron chi connectivity index (χ3n) is 8.45. The number of nitrogens with zero attached hydrogens (tertiary/aromatic N) is 6. The zero-order chi connectivity index (χ0) is 28.3. The van der Waals surface area contributed by atoms with Crippen LogP contribution in [-0.2, 0) is 9.53 Å². The molecule has 41 heavy (non-hydrogen) atoms. The Morgan fingerprint density at radius 2 is 1.71 bits per heavy atom. The van der Waals surface area contributed by atoms with Crippen LogP contribution in [0.15, 0.2) is 30.3 Å². The van der Waals surface area contributed by atoms with E-state index in [0.717, 1.165) is 51.6 Å². The molecule has 1 amide bonds. The fraction of sp³-hybridized carbons (Fsp3) is 0.586. The van der Waals surface area contributed by atoms with Crippen LogP contribution in [0, 0.1) is 5.92 Å². The molecule has 3 aromatic rings. The van der Waals surface area contributed by atoms with Gasteiger partial charge in [0.2, 0.25) is 11.9 Å². The van der Waals surface area contributed by atoms with E-state index in [4.69, 9.17) is 14.7 Å². The van der Waals surface area contributed by atoms with Gasteiger partial charge in [-0.15, -0.1) is 0 Å². The largest absolute Gasteiger partial charge is 0.378 e. The number of fused-ring (bicyclic) bond motifs is 1. The molecule has 2 aliphatic heterocycles. The fourth-order valence-electron chi connectivity index (χ4n) is 6.25. The van der Waals surface area contributed by atoms with Gasteiger partial charge in [0.15, 0.2) is 5.82 Å². The smallest absolute Gasteiger partial charge is 0.296 e. The van der Waals surface area contributed by atoms with Crippen LogP contribution in [0.4, 0.5) is 20.5 Å². The van der Waals surface area contributed by atoms with Gasteiger partial charge in [-0.3, -0.25) is 9.36 Å². The van der Waals surface area contributed by atoms with Crippen LogP contribution >= 0.6 is 0 Å².